The molecule has 30 heavy (non-hydrogen) atoms. The second-order valence-corrected chi connectivity index (χ2v) is 7.94. The lowest BCUT2D eigenvalue weighted by atomic mass is 10.1. The maximum atomic E-state index is 12.8. The molecule has 3 heterocycles. The molecule has 8 nitrogen and oxygen atoms in total. The summed E-state index contributed by atoms with van der Waals surface area (Å²) in [5.41, 5.74) is 1.55. The third-order valence-electron chi connectivity index (χ3n) is 5.14. The summed E-state index contributed by atoms with van der Waals surface area (Å²) >= 11 is 1.51. The molecule has 0 saturated carbocycles. The molecule has 3 aromatic rings. The van der Waals surface area contributed by atoms with E-state index in [4.69, 9.17) is 9.47 Å². The van der Waals surface area contributed by atoms with Crippen LogP contribution in [0.1, 0.15) is 28.9 Å². The average molecular weight is 428 g/mol. The molecule has 0 unspecified atom stereocenters. The number of methoxy groups -OCH3 is 2. The first-order valence-corrected chi connectivity index (χ1v) is 10.8. The van der Waals surface area contributed by atoms with Crippen molar-refractivity contribution in [3.8, 4) is 16.6 Å². The molecule has 0 radical (unpaired) electrons. The van der Waals surface area contributed by atoms with Gasteiger partial charge in [-0.15, -0.1) is 10.2 Å². The van der Waals surface area contributed by atoms with Crippen molar-refractivity contribution < 1.29 is 14.3 Å². The molecule has 4 rings (SSSR count). The third kappa shape index (κ3) is 4.25. The summed E-state index contributed by atoms with van der Waals surface area (Å²) < 4.78 is 12.4. The van der Waals surface area contributed by atoms with Crippen LogP contribution in [0.3, 0.4) is 0 Å². The molecule has 0 aliphatic carbocycles. The van der Waals surface area contributed by atoms with Gasteiger partial charge in [0.2, 0.25) is 10.3 Å². The van der Waals surface area contributed by atoms with Gasteiger partial charge in [0.1, 0.15) is 17.2 Å². The van der Waals surface area contributed by atoms with E-state index in [2.05, 4.69) is 20.4 Å². The molecular weight excluding hydrogens is 402 g/mol. The number of rotatable bonds is 8. The minimum Gasteiger partial charge on any atom is -0.497 e. The molecule has 1 aliphatic rings. The Morgan fingerprint density at radius 2 is 1.93 bits per heavy atom. The number of benzene rings is 1. The van der Waals surface area contributed by atoms with Crippen LogP contribution < -0.4 is 19.7 Å². The van der Waals surface area contributed by atoms with E-state index in [1.165, 1.54) is 24.2 Å². The summed E-state index contributed by atoms with van der Waals surface area (Å²) in [5.74, 6) is 1.34. The highest BCUT2D eigenvalue weighted by molar-refractivity contribution is 7.17. The first-order valence-electron chi connectivity index (χ1n) is 9.95. The lowest BCUT2D eigenvalue weighted by molar-refractivity contribution is 0.0947. The van der Waals surface area contributed by atoms with Crippen molar-refractivity contribution in [2.24, 2.45) is 0 Å². The van der Waals surface area contributed by atoms with E-state index in [1.54, 1.807) is 24.9 Å². The summed E-state index contributed by atoms with van der Waals surface area (Å²) in [6, 6.07) is 9.32. The molecule has 9 heteroatoms. The number of hydrogen-bond donors (Lipinski definition) is 1. The SMILES string of the molecule is COc1ccc(CCNC(=O)c2cccn2-c2nnc(N3CCCC3)s2)c(OC)c1. The number of nitrogens with one attached hydrogen (secondary N) is 1. The summed E-state index contributed by atoms with van der Waals surface area (Å²) in [5, 5.41) is 13.2. The number of nitrogens with zero attached hydrogens (tertiary/aromatic N) is 4. The summed E-state index contributed by atoms with van der Waals surface area (Å²) in [7, 11) is 3.25. The van der Waals surface area contributed by atoms with E-state index in [0.717, 1.165) is 35.3 Å². The third-order valence-corrected chi connectivity index (χ3v) is 6.13. The van der Waals surface area contributed by atoms with E-state index in [0.29, 0.717) is 23.8 Å². The van der Waals surface area contributed by atoms with Crippen LogP contribution in [0, 0.1) is 0 Å². The summed E-state index contributed by atoms with van der Waals surface area (Å²) in [4.78, 5) is 15.0. The van der Waals surface area contributed by atoms with Gasteiger partial charge in [-0.2, -0.15) is 0 Å². The molecule has 0 atom stereocenters. The second-order valence-electron chi connectivity index (χ2n) is 7.01. The molecule has 1 N–H and O–H groups in total. The zero-order valence-corrected chi connectivity index (χ0v) is 17.9. The van der Waals surface area contributed by atoms with Gasteiger partial charge in [0.05, 0.1) is 14.2 Å². The van der Waals surface area contributed by atoms with E-state index in [9.17, 15) is 4.79 Å². The minimum atomic E-state index is -0.148. The van der Waals surface area contributed by atoms with Crippen LogP contribution in [0.5, 0.6) is 11.5 Å². The van der Waals surface area contributed by atoms with Crippen molar-refractivity contribution in [1.82, 2.24) is 20.1 Å². The second kappa shape index (κ2) is 9.17. The van der Waals surface area contributed by atoms with E-state index in [-0.39, 0.29) is 5.91 Å². The van der Waals surface area contributed by atoms with Crippen LogP contribution >= 0.6 is 11.3 Å². The van der Waals surface area contributed by atoms with Crippen LogP contribution in [-0.2, 0) is 6.42 Å². The van der Waals surface area contributed by atoms with Gasteiger partial charge in [-0.25, -0.2) is 0 Å². The summed E-state index contributed by atoms with van der Waals surface area (Å²) in [6.45, 7) is 2.52. The Morgan fingerprint density at radius 3 is 2.70 bits per heavy atom. The molecule has 0 bridgehead atoms. The zero-order valence-electron chi connectivity index (χ0n) is 17.1. The minimum absolute atomic E-state index is 0.148. The van der Waals surface area contributed by atoms with Crippen molar-refractivity contribution >= 4 is 22.4 Å². The smallest absolute Gasteiger partial charge is 0.268 e. The standard InChI is InChI=1S/C21H25N5O3S/c1-28-16-8-7-15(18(14-16)29-2)9-10-22-19(27)17-6-5-13-26(17)21-24-23-20(30-21)25-11-3-4-12-25/h5-8,13-14H,3-4,9-12H2,1-2H3,(H,22,27). The molecule has 1 aromatic carbocycles. The lowest BCUT2D eigenvalue weighted by Gasteiger charge is -2.12. The maximum absolute atomic E-state index is 12.8. The molecular formula is C21H25N5O3S. The Balaban J connectivity index is 1.40. The van der Waals surface area contributed by atoms with Gasteiger partial charge in [0.25, 0.3) is 5.91 Å². The van der Waals surface area contributed by atoms with Gasteiger partial charge in [0.15, 0.2) is 0 Å². The van der Waals surface area contributed by atoms with Crippen molar-refractivity contribution in [3.63, 3.8) is 0 Å². The molecule has 1 saturated heterocycles. The Hall–Kier alpha value is -3.07. The molecule has 1 amide bonds. The van der Waals surface area contributed by atoms with Gasteiger partial charge in [-0.05, 0) is 43.0 Å². The molecule has 1 aliphatic heterocycles. The number of aromatic nitrogens is 3. The zero-order chi connectivity index (χ0) is 20.9. The molecule has 2 aromatic heterocycles. The fourth-order valence-electron chi connectivity index (χ4n) is 3.53. The van der Waals surface area contributed by atoms with Crippen LogP contribution in [-0.4, -0.2) is 54.5 Å². The fraction of sp³-hybridized carbons (Fsp3) is 0.381. The van der Waals surface area contributed by atoms with Crippen LogP contribution in [0.15, 0.2) is 36.5 Å². The van der Waals surface area contributed by atoms with Gasteiger partial charge >= 0.3 is 0 Å². The number of carbonyl (C=O) groups is 1. The van der Waals surface area contributed by atoms with Crippen LogP contribution in [0.25, 0.3) is 5.13 Å². The normalized spacial score (nSPS) is 13.5. The number of anilines is 1. The van der Waals surface area contributed by atoms with Gasteiger partial charge in [0, 0.05) is 31.9 Å². The molecule has 0 spiro atoms. The van der Waals surface area contributed by atoms with Crippen molar-refractivity contribution in [2.45, 2.75) is 19.3 Å². The van der Waals surface area contributed by atoms with Crippen LogP contribution in [0.4, 0.5) is 5.13 Å². The van der Waals surface area contributed by atoms with Gasteiger partial charge in [-0.3, -0.25) is 9.36 Å². The van der Waals surface area contributed by atoms with Crippen molar-refractivity contribution in [1.29, 1.82) is 0 Å². The van der Waals surface area contributed by atoms with Gasteiger partial charge < -0.3 is 19.7 Å². The Morgan fingerprint density at radius 1 is 1.13 bits per heavy atom. The monoisotopic (exact) mass is 427 g/mol. The topological polar surface area (TPSA) is 81.5 Å². The van der Waals surface area contributed by atoms with Crippen molar-refractivity contribution in [3.05, 3.63) is 47.8 Å². The molecule has 158 valence electrons. The lowest BCUT2D eigenvalue weighted by Crippen LogP contribution is -2.27. The Bertz CT molecular complexity index is 1010. The fourth-order valence-corrected chi connectivity index (χ4v) is 4.43. The first-order chi connectivity index (χ1) is 14.7. The molecule has 1 fully saturated rings. The Labute approximate surface area is 179 Å². The Kier molecular flexibility index (Phi) is 6.18. The largest absolute Gasteiger partial charge is 0.497 e. The number of hydrogen-bond acceptors (Lipinski definition) is 7. The average Bonchev–Trinajstić information content (AvgIpc) is 3.54. The number of amides is 1. The highest BCUT2D eigenvalue weighted by Gasteiger charge is 2.19. The van der Waals surface area contributed by atoms with Gasteiger partial charge in [-0.1, -0.05) is 17.4 Å². The highest BCUT2D eigenvalue weighted by atomic mass is 32.1. The number of ether oxygens (including phenoxy) is 2. The highest BCUT2D eigenvalue weighted by Crippen LogP contribution is 2.27. The summed E-state index contributed by atoms with van der Waals surface area (Å²) in [6.07, 6.45) is 4.86. The predicted octanol–water partition coefficient (Wildman–Crippen LogP) is 2.92. The maximum Gasteiger partial charge on any atom is 0.268 e. The van der Waals surface area contributed by atoms with E-state index >= 15 is 0 Å². The van der Waals surface area contributed by atoms with E-state index in [1.807, 2.05) is 30.5 Å². The number of carbonyl (C=O) groups excluding carboxylic acids is 1. The van der Waals surface area contributed by atoms with E-state index < -0.39 is 0 Å². The quantitative estimate of drug-likeness (QED) is 0.595. The van der Waals surface area contributed by atoms with Crippen molar-refractivity contribution in [2.75, 3.05) is 38.8 Å². The first kappa shape index (κ1) is 20.2. The van der Waals surface area contributed by atoms with Crippen LogP contribution in [0.2, 0.25) is 0 Å². The predicted molar refractivity (Wildman–Crippen MR) is 116 cm³/mol.